The summed E-state index contributed by atoms with van der Waals surface area (Å²) in [5, 5.41) is 14.4. The van der Waals surface area contributed by atoms with E-state index in [2.05, 4.69) is 9.82 Å². The molecule has 1 fully saturated rings. The lowest BCUT2D eigenvalue weighted by atomic mass is 10.1. The number of nitrogens with zero attached hydrogens (tertiary/aromatic N) is 1. The number of ether oxygens (including phenoxy) is 2. The van der Waals surface area contributed by atoms with E-state index in [-0.39, 0.29) is 12.2 Å². The van der Waals surface area contributed by atoms with Gasteiger partial charge in [-0.15, -0.1) is 0 Å². The van der Waals surface area contributed by atoms with Crippen LogP contribution < -0.4 is 20.9 Å². The zero-order chi connectivity index (χ0) is 26.7. The first-order valence-corrected chi connectivity index (χ1v) is 12.8. The minimum atomic E-state index is -4.28. The molecule has 2 aromatic carbocycles. The quantitative estimate of drug-likeness (QED) is 0.272. The Morgan fingerprint density at radius 2 is 2.03 bits per heavy atom. The molecule has 3 aromatic rings. The summed E-state index contributed by atoms with van der Waals surface area (Å²) >= 11 is 0. The molecular formula is C23H25FN3O9P. The van der Waals surface area contributed by atoms with Crippen molar-refractivity contribution in [1.29, 1.82) is 0 Å². The van der Waals surface area contributed by atoms with Crippen LogP contribution in [0.3, 0.4) is 0 Å². The number of halogens is 1. The summed E-state index contributed by atoms with van der Waals surface area (Å²) in [7, 11) is -3.11. The van der Waals surface area contributed by atoms with Crippen molar-refractivity contribution in [3.63, 3.8) is 0 Å². The van der Waals surface area contributed by atoms with Crippen molar-refractivity contribution in [2.45, 2.75) is 37.8 Å². The number of aromatic nitrogens is 2. The van der Waals surface area contributed by atoms with Crippen LogP contribution in [0.1, 0.15) is 19.6 Å². The Bertz CT molecular complexity index is 1450. The van der Waals surface area contributed by atoms with Gasteiger partial charge in [0, 0.05) is 11.8 Å². The SMILES string of the molecule is COC(=O)[C@H](C)NP(=O)(OCC1O[C@@H](n2cc(F)c(=O)[nH]c2=O)C[C@H]1O)Oc1cccc2ccccc12. The molecule has 198 valence electrons. The predicted octanol–water partition coefficient (Wildman–Crippen LogP) is 1.83. The number of aliphatic hydroxyl groups is 1. The maximum atomic E-state index is 13.8. The van der Waals surface area contributed by atoms with Crippen LogP contribution in [-0.4, -0.2) is 52.6 Å². The zero-order valence-electron chi connectivity index (χ0n) is 19.8. The molecule has 0 radical (unpaired) electrons. The summed E-state index contributed by atoms with van der Waals surface area (Å²) in [6, 6.07) is 11.2. The Morgan fingerprint density at radius 3 is 2.78 bits per heavy atom. The number of rotatable bonds is 9. The number of fused-ring (bicyclic) bond motifs is 1. The number of hydrogen-bond acceptors (Lipinski definition) is 9. The fourth-order valence-corrected chi connectivity index (χ4v) is 5.36. The van der Waals surface area contributed by atoms with E-state index < -0.39 is 61.9 Å². The third kappa shape index (κ3) is 5.97. The summed E-state index contributed by atoms with van der Waals surface area (Å²) in [5.74, 6) is -1.71. The van der Waals surface area contributed by atoms with E-state index in [9.17, 15) is 28.4 Å². The Labute approximate surface area is 209 Å². The highest BCUT2D eigenvalue weighted by Gasteiger charge is 2.39. The number of benzene rings is 2. The highest BCUT2D eigenvalue weighted by Crippen LogP contribution is 2.47. The van der Waals surface area contributed by atoms with Gasteiger partial charge < -0.3 is 19.1 Å². The first-order chi connectivity index (χ1) is 17.6. The molecule has 5 atom stereocenters. The van der Waals surface area contributed by atoms with Gasteiger partial charge in [0.25, 0.3) is 5.56 Å². The van der Waals surface area contributed by atoms with Crippen molar-refractivity contribution in [3.8, 4) is 5.75 Å². The number of carbonyl (C=O) groups excluding carboxylic acids is 1. The number of nitrogens with one attached hydrogen (secondary N) is 2. The molecule has 1 aliphatic rings. The summed E-state index contributed by atoms with van der Waals surface area (Å²) < 4.78 is 49.9. The fourth-order valence-electron chi connectivity index (χ4n) is 3.84. The standard InChI is InChI=1S/C23H25FN3O9P/c1-13(22(30)33-2)26-37(32,36-18-9-5-7-14-6-3-4-8-15(14)18)34-12-19-17(28)10-20(35-19)27-11-16(24)21(29)25-23(27)31/h3-9,11,13,17,19-20,28H,10,12H2,1-2H3,(H,26,32)(H,25,29,31)/t13-,17+,19?,20+,37?/m0/s1. The van der Waals surface area contributed by atoms with Gasteiger partial charge >= 0.3 is 19.4 Å². The van der Waals surface area contributed by atoms with Crippen LogP contribution in [0.5, 0.6) is 5.75 Å². The van der Waals surface area contributed by atoms with Gasteiger partial charge in [0.15, 0.2) is 0 Å². The Morgan fingerprint density at radius 1 is 1.30 bits per heavy atom. The van der Waals surface area contributed by atoms with Crippen LogP contribution in [0, 0.1) is 5.82 Å². The molecule has 12 nitrogen and oxygen atoms in total. The van der Waals surface area contributed by atoms with E-state index in [4.69, 9.17) is 13.8 Å². The maximum absolute atomic E-state index is 13.8. The van der Waals surface area contributed by atoms with Gasteiger partial charge in [0.05, 0.1) is 26.0 Å². The van der Waals surface area contributed by atoms with E-state index in [1.54, 1.807) is 24.3 Å². The van der Waals surface area contributed by atoms with Crippen molar-refractivity contribution < 1.29 is 37.4 Å². The summed E-state index contributed by atoms with van der Waals surface area (Å²) in [5.41, 5.74) is -2.11. The van der Waals surface area contributed by atoms with Crippen LogP contribution in [0.25, 0.3) is 10.8 Å². The average molecular weight is 537 g/mol. The molecule has 1 aliphatic heterocycles. The van der Waals surface area contributed by atoms with E-state index in [1.807, 2.05) is 23.2 Å². The zero-order valence-corrected chi connectivity index (χ0v) is 20.7. The van der Waals surface area contributed by atoms with Gasteiger partial charge in [-0.25, -0.2) is 9.36 Å². The number of esters is 1. The predicted molar refractivity (Wildman–Crippen MR) is 129 cm³/mol. The number of hydrogen-bond donors (Lipinski definition) is 3. The van der Waals surface area contributed by atoms with E-state index in [0.717, 1.165) is 9.95 Å². The van der Waals surface area contributed by atoms with Crippen molar-refractivity contribution in [1.82, 2.24) is 14.6 Å². The minimum Gasteiger partial charge on any atom is -0.468 e. The first-order valence-electron chi connectivity index (χ1n) is 11.2. The van der Waals surface area contributed by atoms with Gasteiger partial charge in [-0.1, -0.05) is 36.4 Å². The number of aliphatic hydroxyl groups excluding tert-OH is 1. The number of H-pyrrole nitrogens is 1. The van der Waals surface area contributed by atoms with E-state index in [0.29, 0.717) is 11.6 Å². The van der Waals surface area contributed by atoms with Crippen molar-refractivity contribution in [2.75, 3.05) is 13.7 Å². The molecule has 0 spiro atoms. The Kier molecular flexibility index (Phi) is 7.90. The molecule has 2 heterocycles. The van der Waals surface area contributed by atoms with Crippen LogP contribution in [-0.2, 0) is 23.4 Å². The second-order valence-electron chi connectivity index (χ2n) is 8.31. The van der Waals surface area contributed by atoms with Crippen molar-refractivity contribution >= 4 is 24.5 Å². The Hall–Kier alpha value is -3.35. The van der Waals surface area contributed by atoms with Crippen molar-refractivity contribution in [3.05, 3.63) is 75.3 Å². The van der Waals surface area contributed by atoms with E-state index >= 15 is 0 Å². The van der Waals surface area contributed by atoms with Gasteiger partial charge in [-0.3, -0.25) is 23.7 Å². The Balaban J connectivity index is 1.55. The molecule has 3 N–H and O–H groups in total. The van der Waals surface area contributed by atoms with Crippen LogP contribution in [0.4, 0.5) is 4.39 Å². The van der Waals surface area contributed by atoms with Crippen LogP contribution >= 0.6 is 7.75 Å². The molecule has 0 saturated carbocycles. The largest absolute Gasteiger partial charge is 0.468 e. The second-order valence-corrected chi connectivity index (χ2v) is 10.0. The molecule has 1 saturated heterocycles. The number of carbonyl (C=O) groups is 1. The smallest absolute Gasteiger partial charge is 0.459 e. The third-order valence-electron chi connectivity index (χ3n) is 5.72. The molecule has 2 unspecified atom stereocenters. The molecule has 14 heteroatoms. The fraction of sp³-hybridized carbons (Fsp3) is 0.348. The molecule has 37 heavy (non-hydrogen) atoms. The summed E-state index contributed by atoms with van der Waals surface area (Å²) in [6.07, 6.45) is -2.89. The second kappa shape index (κ2) is 11.0. The lowest BCUT2D eigenvalue weighted by molar-refractivity contribution is -0.142. The normalized spacial score (nSPS) is 21.9. The molecule has 4 rings (SSSR count). The lowest BCUT2D eigenvalue weighted by Gasteiger charge is -2.25. The molecule has 0 aliphatic carbocycles. The molecular weight excluding hydrogens is 512 g/mol. The highest BCUT2D eigenvalue weighted by atomic mass is 31.2. The average Bonchev–Trinajstić information content (AvgIpc) is 3.24. The van der Waals surface area contributed by atoms with Crippen LogP contribution in [0.2, 0.25) is 0 Å². The first kappa shape index (κ1) is 26.7. The minimum absolute atomic E-state index is 0.139. The van der Waals surface area contributed by atoms with Gasteiger partial charge in [-0.05, 0) is 18.4 Å². The maximum Gasteiger partial charge on any atom is 0.459 e. The lowest BCUT2D eigenvalue weighted by Crippen LogP contribution is -2.36. The summed E-state index contributed by atoms with van der Waals surface area (Å²) in [4.78, 5) is 37.2. The van der Waals surface area contributed by atoms with Gasteiger partial charge in [0.2, 0.25) is 5.82 Å². The highest BCUT2D eigenvalue weighted by molar-refractivity contribution is 7.52. The van der Waals surface area contributed by atoms with E-state index in [1.165, 1.54) is 14.0 Å². The number of aromatic amines is 1. The molecule has 0 amide bonds. The molecule has 1 aromatic heterocycles. The number of methoxy groups -OCH3 is 1. The topological polar surface area (TPSA) is 158 Å². The third-order valence-corrected chi connectivity index (χ3v) is 7.35. The van der Waals surface area contributed by atoms with Crippen LogP contribution in [0.15, 0.2) is 58.3 Å². The van der Waals surface area contributed by atoms with Crippen molar-refractivity contribution in [2.24, 2.45) is 0 Å². The van der Waals surface area contributed by atoms with Gasteiger partial charge in [-0.2, -0.15) is 9.48 Å². The monoisotopic (exact) mass is 537 g/mol. The summed E-state index contributed by atoms with van der Waals surface area (Å²) in [6.45, 7) is 0.920. The molecule has 0 bridgehead atoms. The van der Waals surface area contributed by atoms with Gasteiger partial charge in [0.1, 0.15) is 24.1 Å².